The van der Waals surface area contributed by atoms with Crippen molar-refractivity contribution in [3.05, 3.63) is 0 Å². The summed E-state index contributed by atoms with van der Waals surface area (Å²) in [5, 5.41) is 0. The third-order valence-electron chi connectivity index (χ3n) is 15.6. The molecule has 77 heavy (non-hydrogen) atoms. The first-order valence-corrected chi connectivity index (χ1v) is 33.3. The maximum Gasteiger partial charge on any atom is 0.306 e. The monoisotopic (exact) mass is 1090 g/mol. The smallest absolute Gasteiger partial charge is 0.306 e. The van der Waals surface area contributed by atoms with E-state index in [9.17, 15) is 19.2 Å². The molecule has 0 aromatic carbocycles. The maximum atomic E-state index is 14.0. The molecule has 1 aliphatic heterocycles. The Morgan fingerprint density at radius 2 is 0.571 bits per heavy atom. The first kappa shape index (κ1) is 67.3. The molecule has 1 heterocycles. The standard InChI is InChI=1S/C67H126O10/c1-6-10-14-17-20-23-26-29-32-35-38-41-44-47-51-55-61(69)75-64-59(58-73-60(68)54-50-13-9-4)74-67(72-5)66(77-63(71)57-53-49-46-43-40-37-34-31-28-25-22-19-16-12-8-3)65(64)76-62(70)56-52-48-45-42-39-36-33-30-27-24-21-18-15-11-7-2/h59,64-67H,6-58H2,1-5H3/t59-,64+,65+,66-,67?/m1/s1/i55D,56D,57D/t55?,56?,57?,59-,64+,65+,66-,67?. The summed E-state index contributed by atoms with van der Waals surface area (Å²) in [5.41, 5.74) is 0. The highest BCUT2D eigenvalue weighted by molar-refractivity contribution is 5.72. The SMILES string of the molecule is [2H]C(CCCCCCCCCCCCCCCC)C(=O)O[C@@H]1[C@H](OC(=O)C([2H])CCCCCCCCCCCCCCCC)[C@@H](OC(=O)C([2H])CCCCCCCCCCCCCCCC)C(OC)O[C@@H]1COC(=O)CCCCC. The van der Waals surface area contributed by atoms with Crippen LogP contribution in [-0.2, 0) is 47.6 Å². The second kappa shape index (κ2) is 55.7. The van der Waals surface area contributed by atoms with Crippen LogP contribution >= 0.6 is 0 Å². The fourth-order valence-electron chi connectivity index (χ4n) is 10.6. The first-order valence-electron chi connectivity index (χ1n) is 35.0. The van der Waals surface area contributed by atoms with E-state index < -0.39 is 73.8 Å². The maximum absolute atomic E-state index is 14.0. The molecule has 0 radical (unpaired) electrons. The highest BCUT2D eigenvalue weighted by Gasteiger charge is 2.53. The predicted octanol–water partition coefficient (Wildman–Crippen LogP) is 20.0. The molecule has 0 aromatic rings. The van der Waals surface area contributed by atoms with Crippen molar-refractivity contribution < 1.29 is 51.7 Å². The van der Waals surface area contributed by atoms with Crippen LogP contribution in [0.3, 0.4) is 0 Å². The fraction of sp³-hybridized carbons (Fsp3) is 0.940. The zero-order chi connectivity index (χ0) is 58.5. The zero-order valence-electron chi connectivity index (χ0n) is 54.1. The Balaban J connectivity index is 3.07. The van der Waals surface area contributed by atoms with Gasteiger partial charge in [-0.2, -0.15) is 0 Å². The average molecular weight is 1090 g/mol. The number of hydrogen-bond acceptors (Lipinski definition) is 10. The Bertz CT molecular complexity index is 1440. The first-order chi connectivity index (χ1) is 39.0. The molecule has 0 N–H and O–H groups in total. The van der Waals surface area contributed by atoms with Gasteiger partial charge in [0.2, 0.25) is 0 Å². The number of methoxy groups -OCH3 is 1. The summed E-state index contributed by atoms with van der Waals surface area (Å²) >= 11 is 0. The summed E-state index contributed by atoms with van der Waals surface area (Å²) in [6.45, 7) is 8.41. The molecule has 0 aliphatic carbocycles. The molecule has 1 saturated heterocycles. The zero-order valence-corrected chi connectivity index (χ0v) is 51.1. The van der Waals surface area contributed by atoms with E-state index >= 15 is 0 Å². The van der Waals surface area contributed by atoms with E-state index in [2.05, 4.69) is 20.8 Å². The van der Waals surface area contributed by atoms with E-state index in [1.807, 2.05) is 6.92 Å². The van der Waals surface area contributed by atoms with E-state index in [-0.39, 0.29) is 32.3 Å². The summed E-state index contributed by atoms with van der Waals surface area (Å²) in [6, 6.07) is 0. The normalized spacial score (nSPS) is 19.2. The Labute approximate surface area is 479 Å². The highest BCUT2D eigenvalue weighted by Crippen LogP contribution is 2.31. The molecular weight excluding hydrogens is 965 g/mol. The Hall–Kier alpha value is -2.20. The van der Waals surface area contributed by atoms with Gasteiger partial charge in [-0.3, -0.25) is 19.2 Å². The molecule has 0 spiro atoms. The van der Waals surface area contributed by atoms with Crippen LogP contribution in [-0.4, -0.2) is 68.3 Å². The molecule has 0 saturated carbocycles. The Kier molecular flexibility index (Phi) is 48.7. The van der Waals surface area contributed by atoms with Gasteiger partial charge in [-0.05, 0) is 25.7 Å². The van der Waals surface area contributed by atoms with Crippen LogP contribution in [0.2, 0.25) is 0 Å². The van der Waals surface area contributed by atoms with Crippen LogP contribution < -0.4 is 0 Å². The molecule has 8 atom stereocenters. The van der Waals surface area contributed by atoms with Gasteiger partial charge in [-0.1, -0.05) is 310 Å². The number of rotatable bonds is 58. The quantitative estimate of drug-likeness (QED) is 0.0330. The van der Waals surface area contributed by atoms with Crippen molar-refractivity contribution in [1.29, 1.82) is 0 Å². The molecule has 10 nitrogen and oxygen atoms in total. The minimum Gasteiger partial charge on any atom is -0.463 e. The Morgan fingerprint density at radius 3 is 0.857 bits per heavy atom. The summed E-state index contributed by atoms with van der Waals surface area (Å²) in [4.78, 5) is 54.7. The molecule has 0 bridgehead atoms. The minimum atomic E-state index is -1.54. The average Bonchev–Trinajstić information content (AvgIpc) is 3.46. The predicted molar refractivity (Wildman–Crippen MR) is 319 cm³/mol. The van der Waals surface area contributed by atoms with Crippen molar-refractivity contribution in [2.75, 3.05) is 13.7 Å². The van der Waals surface area contributed by atoms with Crippen molar-refractivity contribution in [1.82, 2.24) is 0 Å². The van der Waals surface area contributed by atoms with Crippen LogP contribution in [0.4, 0.5) is 0 Å². The van der Waals surface area contributed by atoms with Gasteiger partial charge >= 0.3 is 23.9 Å². The van der Waals surface area contributed by atoms with E-state index in [1.54, 1.807) is 0 Å². The van der Waals surface area contributed by atoms with E-state index in [1.165, 1.54) is 200 Å². The van der Waals surface area contributed by atoms with Crippen molar-refractivity contribution in [2.24, 2.45) is 0 Å². The third-order valence-corrected chi connectivity index (χ3v) is 15.6. The van der Waals surface area contributed by atoms with Crippen molar-refractivity contribution >= 4 is 23.9 Å². The number of esters is 4. The molecule has 0 amide bonds. The van der Waals surface area contributed by atoms with Gasteiger partial charge in [0.1, 0.15) is 12.7 Å². The second-order valence-electron chi connectivity index (χ2n) is 22.9. The lowest BCUT2D eigenvalue weighted by atomic mass is 9.97. The molecule has 0 aromatic heterocycles. The number of unbranched alkanes of at least 4 members (excludes halogenated alkanes) is 41. The molecule has 10 heteroatoms. The second-order valence-corrected chi connectivity index (χ2v) is 22.9. The van der Waals surface area contributed by atoms with Crippen LogP contribution in [0.15, 0.2) is 0 Å². The molecule has 1 aliphatic rings. The molecular formula is C67H126O10. The van der Waals surface area contributed by atoms with Gasteiger partial charge in [0.25, 0.3) is 0 Å². The lowest BCUT2D eigenvalue weighted by molar-refractivity contribution is -0.303. The number of ether oxygens (including phenoxy) is 6. The van der Waals surface area contributed by atoms with Gasteiger partial charge in [-0.15, -0.1) is 0 Å². The molecule has 4 unspecified atom stereocenters. The summed E-state index contributed by atoms with van der Waals surface area (Å²) in [6.07, 6.45) is 42.4. The molecule has 1 rings (SSSR count). The molecule has 1 fully saturated rings. The Morgan fingerprint density at radius 1 is 0.325 bits per heavy atom. The largest absolute Gasteiger partial charge is 0.463 e. The van der Waals surface area contributed by atoms with Gasteiger partial charge in [0.05, 0.1) is 0 Å². The highest BCUT2D eigenvalue weighted by atomic mass is 16.7. The van der Waals surface area contributed by atoms with Gasteiger partial charge in [-0.25, -0.2) is 0 Å². The molecule has 454 valence electrons. The van der Waals surface area contributed by atoms with E-state index in [4.69, 9.17) is 32.5 Å². The van der Waals surface area contributed by atoms with Gasteiger partial charge in [0, 0.05) is 36.8 Å². The third kappa shape index (κ3) is 44.2. The summed E-state index contributed by atoms with van der Waals surface area (Å²) < 4.78 is 62.5. The van der Waals surface area contributed by atoms with Crippen molar-refractivity contribution in [3.8, 4) is 0 Å². The van der Waals surface area contributed by atoms with Crippen molar-refractivity contribution in [3.63, 3.8) is 0 Å². The fourth-order valence-corrected chi connectivity index (χ4v) is 10.6. The lowest BCUT2D eigenvalue weighted by Gasteiger charge is -2.44. The van der Waals surface area contributed by atoms with E-state index in [0.717, 1.165) is 70.6 Å². The topological polar surface area (TPSA) is 124 Å². The van der Waals surface area contributed by atoms with Gasteiger partial charge < -0.3 is 28.4 Å². The van der Waals surface area contributed by atoms with Crippen LogP contribution in [0.1, 0.15) is 366 Å². The summed E-state index contributed by atoms with van der Waals surface area (Å²) in [5.74, 6) is -3.08. The lowest BCUT2D eigenvalue weighted by Crippen LogP contribution is -2.63. The van der Waals surface area contributed by atoms with Gasteiger partial charge in [0.15, 0.2) is 24.6 Å². The van der Waals surface area contributed by atoms with E-state index in [0.29, 0.717) is 25.7 Å². The van der Waals surface area contributed by atoms with Crippen LogP contribution in [0.5, 0.6) is 0 Å². The number of hydrogen-bond donors (Lipinski definition) is 0. The van der Waals surface area contributed by atoms with Crippen molar-refractivity contribution in [2.45, 2.75) is 392 Å². The summed E-state index contributed by atoms with van der Waals surface area (Å²) in [7, 11) is 1.34. The van der Waals surface area contributed by atoms with Crippen LogP contribution in [0, 0.1) is 0 Å². The van der Waals surface area contributed by atoms with Crippen LogP contribution in [0.25, 0.3) is 0 Å². The number of carbonyl (C=O) groups excluding carboxylic acids is 4. The minimum absolute atomic E-state index is 0.176. The number of carbonyl (C=O) groups is 4.